The molecule has 1 aromatic carbocycles. The number of aromatic nitrogens is 2. The first-order chi connectivity index (χ1) is 11.6. The predicted octanol–water partition coefficient (Wildman–Crippen LogP) is 3.08. The number of thiazole rings is 1. The van der Waals surface area contributed by atoms with Crippen molar-refractivity contribution in [2.24, 2.45) is 17.3 Å². The van der Waals surface area contributed by atoms with Crippen molar-refractivity contribution >= 4 is 33.0 Å². The number of ketones is 1. The van der Waals surface area contributed by atoms with Crippen molar-refractivity contribution in [1.82, 2.24) is 9.55 Å². The molecule has 0 amide bonds. The average Bonchev–Trinajstić information content (AvgIpc) is 2.93. The standard InChI is InChI=1S/C18H14N4OS/c1-11-10-13(12-6-5-9-19-16(12)17(11)23)20-21-18-22(2)14-7-3-4-8-15(14)24-18/h3-10H,1-2H3/b20-13-,21-18-. The second-order valence-electron chi connectivity index (χ2n) is 5.55. The summed E-state index contributed by atoms with van der Waals surface area (Å²) in [5, 5.41) is 8.81. The van der Waals surface area contributed by atoms with Crippen LogP contribution in [0, 0.1) is 0 Å². The third kappa shape index (κ3) is 2.32. The van der Waals surface area contributed by atoms with E-state index in [4.69, 9.17) is 0 Å². The fourth-order valence-electron chi connectivity index (χ4n) is 2.69. The van der Waals surface area contributed by atoms with Gasteiger partial charge in [-0.15, -0.1) is 10.2 Å². The van der Waals surface area contributed by atoms with Gasteiger partial charge < -0.3 is 4.57 Å². The van der Waals surface area contributed by atoms with Crippen molar-refractivity contribution in [3.8, 4) is 0 Å². The minimum absolute atomic E-state index is 0.0584. The minimum atomic E-state index is -0.0584. The summed E-state index contributed by atoms with van der Waals surface area (Å²) in [5.41, 5.74) is 3.56. The van der Waals surface area contributed by atoms with Crippen molar-refractivity contribution < 1.29 is 4.79 Å². The van der Waals surface area contributed by atoms with Gasteiger partial charge in [0.15, 0.2) is 0 Å². The third-order valence-corrected chi connectivity index (χ3v) is 5.07. The number of Topliss-reactive ketones (excluding diaryl/α,β-unsaturated/α-hetero) is 1. The Morgan fingerprint density at radius 2 is 1.96 bits per heavy atom. The lowest BCUT2D eigenvalue weighted by molar-refractivity contribution is 0.102. The van der Waals surface area contributed by atoms with Crippen LogP contribution in [0.5, 0.6) is 0 Å². The van der Waals surface area contributed by atoms with E-state index in [0.717, 1.165) is 20.6 Å². The van der Waals surface area contributed by atoms with Gasteiger partial charge in [0.05, 0.1) is 15.9 Å². The van der Waals surface area contributed by atoms with Crippen molar-refractivity contribution in [2.75, 3.05) is 0 Å². The Bertz CT molecular complexity index is 1100. The van der Waals surface area contributed by atoms with Gasteiger partial charge in [0.2, 0.25) is 10.6 Å². The van der Waals surface area contributed by atoms with Crippen molar-refractivity contribution in [2.45, 2.75) is 6.92 Å². The van der Waals surface area contributed by atoms with E-state index in [9.17, 15) is 4.79 Å². The summed E-state index contributed by atoms with van der Waals surface area (Å²) in [6, 6.07) is 11.8. The molecule has 0 aliphatic heterocycles. The first kappa shape index (κ1) is 14.7. The molecule has 2 aromatic heterocycles. The second kappa shape index (κ2) is 5.65. The molecule has 0 saturated carbocycles. The molecule has 118 valence electrons. The van der Waals surface area contributed by atoms with Gasteiger partial charge in [-0.25, -0.2) is 0 Å². The number of carbonyl (C=O) groups is 1. The Labute approximate surface area is 142 Å². The fourth-order valence-corrected chi connectivity index (χ4v) is 3.66. The molecule has 0 bridgehead atoms. The molecular formula is C18H14N4OS. The summed E-state index contributed by atoms with van der Waals surface area (Å²) in [7, 11) is 1.97. The third-order valence-electron chi connectivity index (χ3n) is 3.97. The number of aryl methyl sites for hydroxylation is 1. The topological polar surface area (TPSA) is 59.6 Å². The molecule has 0 radical (unpaired) electrons. The van der Waals surface area contributed by atoms with Gasteiger partial charge in [-0.2, -0.15) is 0 Å². The lowest BCUT2D eigenvalue weighted by Gasteiger charge is -2.12. The van der Waals surface area contributed by atoms with Crippen molar-refractivity contribution in [1.29, 1.82) is 0 Å². The van der Waals surface area contributed by atoms with E-state index in [0.29, 0.717) is 17.0 Å². The molecular weight excluding hydrogens is 320 g/mol. The second-order valence-corrected chi connectivity index (χ2v) is 6.56. The maximum atomic E-state index is 12.2. The highest BCUT2D eigenvalue weighted by Gasteiger charge is 2.22. The van der Waals surface area contributed by atoms with Crippen LogP contribution in [0.25, 0.3) is 10.2 Å². The Morgan fingerprint density at radius 3 is 2.79 bits per heavy atom. The summed E-state index contributed by atoms with van der Waals surface area (Å²) in [6.45, 7) is 1.77. The summed E-state index contributed by atoms with van der Waals surface area (Å²) >= 11 is 1.58. The van der Waals surface area contributed by atoms with Gasteiger partial charge in [-0.1, -0.05) is 23.5 Å². The summed E-state index contributed by atoms with van der Waals surface area (Å²) in [6.07, 6.45) is 3.39. The first-order valence-corrected chi connectivity index (χ1v) is 8.31. The normalized spacial score (nSPS) is 16.6. The molecule has 0 unspecified atom stereocenters. The highest BCUT2D eigenvalue weighted by Crippen LogP contribution is 2.20. The average molecular weight is 334 g/mol. The van der Waals surface area contributed by atoms with Crippen LogP contribution >= 0.6 is 11.3 Å². The van der Waals surface area contributed by atoms with Crippen LogP contribution in [0.3, 0.4) is 0 Å². The molecule has 4 rings (SSSR count). The van der Waals surface area contributed by atoms with E-state index in [2.05, 4.69) is 27.3 Å². The molecule has 1 aliphatic rings. The van der Waals surface area contributed by atoms with Gasteiger partial charge in [-0.05, 0) is 37.3 Å². The number of hydrogen-bond donors (Lipinski definition) is 0. The molecule has 0 N–H and O–H groups in total. The van der Waals surface area contributed by atoms with Gasteiger partial charge in [0.25, 0.3) is 0 Å². The molecule has 0 spiro atoms. The van der Waals surface area contributed by atoms with Gasteiger partial charge in [0, 0.05) is 24.4 Å². The highest BCUT2D eigenvalue weighted by atomic mass is 32.1. The van der Waals surface area contributed by atoms with Gasteiger partial charge >= 0.3 is 0 Å². The number of pyridine rings is 1. The zero-order valence-electron chi connectivity index (χ0n) is 13.2. The minimum Gasteiger partial charge on any atom is -0.318 e. The van der Waals surface area contributed by atoms with Crippen LogP contribution in [0.15, 0.2) is 64.4 Å². The van der Waals surface area contributed by atoms with E-state index in [1.165, 1.54) is 0 Å². The molecule has 5 nitrogen and oxygen atoms in total. The summed E-state index contributed by atoms with van der Waals surface area (Å²) in [5.74, 6) is -0.0584. The number of rotatable bonds is 1. The quantitative estimate of drug-likeness (QED) is 0.642. The van der Waals surface area contributed by atoms with Crippen LogP contribution < -0.4 is 4.80 Å². The van der Waals surface area contributed by atoms with Gasteiger partial charge in [0.1, 0.15) is 5.69 Å². The molecule has 6 heteroatoms. The largest absolute Gasteiger partial charge is 0.318 e. The monoisotopic (exact) mass is 334 g/mol. The number of benzene rings is 1. The first-order valence-electron chi connectivity index (χ1n) is 7.50. The maximum Gasteiger partial charge on any atom is 0.211 e. The Kier molecular flexibility index (Phi) is 3.46. The zero-order valence-corrected chi connectivity index (χ0v) is 14.0. The smallest absolute Gasteiger partial charge is 0.211 e. The van der Waals surface area contributed by atoms with Crippen molar-refractivity contribution in [3.63, 3.8) is 0 Å². The van der Waals surface area contributed by atoms with Crippen LogP contribution in [0.1, 0.15) is 23.0 Å². The predicted molar refractivity (Wildman–Crippen MR) is 95.2 cm³/mol. The number of nitrogens with zero attached hydrogens (tertiary/aromatic N) is 4. The lowest BCUT2D eigenvalue weighted by Crippen LogP contribution is -2.18. The molecule has 3 aromatic rings. The summed E-state index contributed by atoms with van der Waals surface area (Å²) < 4.78 is 3.17. The Balaban J connectivity index is 1.89. The number of para-hydroxylation sites is 1. The number of allylic oxidation sites excluding steroid dienone is 2. The number of fused-ring (bicyclic) bond motifs is 2. The van der Waals surface area contributed by atoms with Crippen LogP contribution in [-0.2, 0) is 7.05 Å². The van der Waals surface area contributed by atoms with Crippen LogP contribution in [0.4, 0.5) is 0 Å². The van der Waals surface area contributed by atoms with Gasteiger partial charge in [-0.3, -0.25) is 9.78 Å². The molecule has 0 atom stereocenters. The zero-order chi connectivity index (χ0) is 16.7. The molecule has 24 heavy (non-hydrogen) atoms. The van der Waals surface area contributed by atoms with Crippen LogP contribution in [-0.4, -0.2) is 21.0 Å². The maximum absolute atomic E-state index is 12.2. The van der Waals surface area contributed by atoms with E-state index < -0.39 is 0 Å². The Morgan fingerprint density at radius 1 is 1.12 bits per heavy atom. The van der Waals surface area contributed by atoms with E-state index >= 15 is 0 Å². The lowest BCUT2D eigenvalue weighted by atomic mass is 9.94. The number of hydrogen-bond acceptors (Lipinski definition) is 5. The van der Waals surface area contributed by atoms with E-state index in [1.807, 2.05) is 29.8 Å². The van der Waals surface area contributed by atoms with E-state index in [1.54, 1.807) is 36.6 Å². The molecule has 0 saturated heterocycles. The molecule has 1 aliphatic carbocycles. The Hall–Kier alpha value is -2.86. The summed E-state index contributed by atoms with van der Waals surface area (Å²) in [4.78, 5) is 17.2. The SMILES string of the molecule is CC1=C/C(=N/N=c2\sc3ccccc3n2C)c2cccnc2C1=O. The fraction of sp³-hybridized carbons (Fsp3) is 0.111. The van der Waals surface area contributed by atoms with Crippen LogP contribution in [0.2, 0.25) is 0 Å². The molecule has 0 fully saturated rings. The highest BCUT2D eigenvalue weighted by molar-refractivity contribution is 7.16. The van der Waals surface area contributed by atoms with Crippen molar-refractivity contribution in [3.05, 3.63) is 70.3 Å². The molecule has 2 heterocycles. The number of carbonyl (C=O) groups excluding carboxylic acids is 1. The van der Waals surface area contributed by atoms with E-state index in [-0.39, 0.29) is 5.78 Å².